The van der Waals surface area contributed by atoms with E-state index in [1.807, 2.05) is 31.3 Å². The average molecular weight is 392 g/mol. The number of imide groups is 2. The minimum atomic E-state index is -0.952. The van der Waals surface area contributed by atoms with Gasteiger partial charge in [0.25, 0.3) is 11.8 Å². The molecule has 2 aromatic carbocycles. The second-order valence-corrected chi connectivity index (χ2v) is 7.01. The smallest absolute Gasteiger partial charge is 0.262 e. The topological polar surface area (TPSA) is 108 Å². The molecule has 4 rings (SSSR count). The SMILES string of the molecule is CNc1ccc(NCc2ccc3c(c2)C(=O)N(C2CCC(=O)NC2=O)C3=O)cc1. The fourth-order valence-corrected chi connectivity index (χ4v) is 3.59. The molecular formula is C21H20N4O4. The van der Waals surface area contributed by atoms with Gasteiger partial charge in [-0.05, 0) is 48.4 Å². The summed E-state index contributed by atoms with van der Waals surface area (Å²) in [6, 6.07) is 11.9. The molecule has 2 aliphatic heterocycles. The molecule has 1 saturated heterocycles. The van der Waals surface area contributed by atoms with Crippen molar-refractivity contribution in [3.05, 3.63) is 59.2 Å². The van der Waals surface area contributed by atoms with Gasteiger partial charge in [0.1, 0.15) is 6.04 Å². The van der Waals surface area contributed by atoms with Crippen molar-refractivity contribution in [2.45, 2.75) is 25.4 Å². The molecule has 1 unspecified atom stereocenters. The number of benzene rings is 2. The Morgan fingerprint density at radius 3 is 2.34 bits per heavy atom. The molecule has 2 heterocycles. The van der Waals surface area contributed by atoms with Gasteiger partial charge in [0.15, 0.2) is 0 Å². The van der Waals surface area contributed by atoms with Crippen LogP contribution in [0.15, 0.2) is 42.5 Å². The molecule has 0 saturated carbocycles. The summed E-state index contributed by atoms with van der Waals surface area (Å²) in [6.07, 6.45) is 0.248. The van der Waals surface area contributed by atoms with Crippen LogP contribution in [0.3, 0.4) is 0 Å². The summed E-state index contributed by atoms with van der Waals surface area (Å²) in [5.41, 5.74) is 3.34. The fourth-order valence-electron chi connectivity index (χ4n) is 3.59. The molecule has 148 valence electrons. The number of carbonyl (C=O) groups is 4. The van der Waals surface area contributed by atoms with E-state index in [2.05, 4.69) is 16.0 Å². The number of nitrogens with one attached hydrogen (secondary N) is 3. The van der Waals surface area contributed by atoms with Crippen molar-refractivity contribution in [2.75, 3.05) is 17.7 Å². The van der Waals surface area contributed by atoms with Crippen molar-refractivity contribution < 1.29 is 19.2 Å². The third-order valence-electron chi connectivity index (χ3n) is 5.17. The number of hydrogen-bond acceptors (Lipinski definition) is 6. The van der Waals surface area contributed by atoms with Gasteiger partial charge >= 0.3 is 0 Å². The predicted molar refractivity (Wildman–Crippen MR) is 106 cm³/mol. The van der Waals surface area contributed by atoms with Crippen LogP contribution in [0.5, 0.6) is 0 Å². The van der Waals surface area contributed by atoms with Crippen LogP contribution >= 0.6 is 0 Å². The van der Waals surface area contributed by atoms with E-state index in [1.165, 1.54) is 0 Å². The lowest BCUT2D eigenvalue weighted by Crippen LogP contribution is -2.54. The second-order valence-electron chi connectivity index (χ2n) is 7.01. The first-order valence-electron chi connectivity index (χ1n) is 9.34. The van der Waals surface area contributed by atoms with Crippen molar-refractivity contribution in [2.24, 2.45) is 0 Å². The van der Waals surface area contributed by atoms with Crippen molar-refractivity contribution in [3.63, 3.8) is 0 Å². The molecule has 0 aliphatic carbocycles. The molecule has 0 bridgehead atoms. The number of nitrogens with zero attached hydrogens (tertiary/aromatic N) is 1. The standard InChI is InChI=1S/C21H20N4O4/c1-22-13-3-5-14(6-4-13)23-11-12-2-7-15-16(10-12)21(29)25(20(15)28)17-8-9-18(26)24-19(17)27/h2-7,10,17,22-23H,8-9,11H2,1H3,(H,24,26,27). The molecule has 1 atom stereocenters. The zero-order chi connectivity index (χ0) is 20.5. The Kier molecular flexibility index (Phi) is 4.75. The Morgan fingerprint density at radius 1 is 0.966 bits per heavy atom. The molecule has 8 nitrogen and oxygen atoms in total. The van der Waals surface area contributed by atoms with Crippen LogP contribution < -0.4 is 16.0 Å². The van der Waals surface area contributed by atoms with Gasteiger partial charge in [0, 0.05) is 31.4 Å². The molecule has 8 heteroatoms. The van der Waals surface area contributed by atoms with E-state index in [4.69, 9.17) is 0 Å². The summed E-state index contributed by atoms with van der Waals surface area (Å²) < 4.78 is 0. The van der Waals surface area contributed by atoms with E-state index in [0.717, 1.165) is 21.8 Å². The van der Waals surface area contributed by atoms with Crippen LogP contribution in [0, 0.1) is 0 Å². The van der Waals surface area contributed by atoms with Gasteiger partial charge in [-0.25, -0.2) is 0 Å². The summed E-state index contributed by atoms with van der Waals surface area (Å²) in [6.45, 7) is 0.478. The lowest BCUT2D eigenvalue weighted by molar-refractivity contribution is -0.136. The molecule has 29 heavy (non-hydrogen) atoms. The first-order valence-corrected chi connectivity index (χ1v) is 9.34. The summed E-state index contributed by atoms with van der Waals surface area (Å²) in [5.74, 6) is -2.00. The van der Waals surface area contributed by atoms with Crippen LogP contribution in [-0.2, 0) is 16.1 Å². The lowest BCUT2D eigenvalue weighted by atomic mass is 10.0. The highest BCUT2D eigenvalue weighted by atomic mass is 16.2. The third kappa shape index (κ3) is 3.44. The Hall–Kier alpha value is -3.68. The quantitative estimate of drug-likeness (QED) is 0.669. The average Bonchev–Trinajstić information content (AvgIpc) is 2.97. The maximum atomic E-state index is 12.8. The summed E-state index contributed by atoms with van der Waals surface area (Å²) >= 11 is 0. The Morgan fingerprint density at radius 2 is 1.66 bits per heavy atom. The van der Waals surface area contributed by atoms with Gasteiger partial charge in [-0.15, -0.1) is 0 Å². The van der Waals surface area contributed by atoms with Gasteiger partial charge in [-0.3, -0.25) is 29.4 Å². The van der Waals surface area contributed by atoms with Gasteiger partial charge in [0.05, 0.1) is 11.1 Å². The number of carbonyl (C=O) groups excluding carboxylic acids is 4. The van der Waals surface area contributed by atoms with Gasteiger partial charge in [-0.1, -0.05) is 6.07 Å². The summed E-state index contributed by atoms with van der Waals surface area (Å²) in [4.78, 5) is 50.0. The molecule has 0 spiro atoms. The monoisotopic (exact) mass is 392 g/mol. The maximum Gasteiger partial charge on any atom is 0.262 e. The fraction of sp³-hybridized carbons (Fsp3) is 0.238. The highest BCUT2D eigenvalue weighted by Gasteiger charge is 2.44. The molecule has 0 radical (unpaired) electrons. The van der Waals surface area contributed by atoms with Crippen LogP contribution in [0.1, 0.15) is 39.1 Å². The van der Waals surface area contributed by atoms with E-state index < -0.39 is 23.8 Å². The largest absolute Gasteiger partial charge is 0.388 e. The second kappa shape index (κ2) is 7.38. The number of anilines is 2. The Labute approximate surface area is 167 Å². The van der Waals surface area contributed by atoms with Gasteiger partial charge in [-0.2, -0.15) is 0 Å². The normalized spacial score (nSPS) is 18.5. The number of fused-ring (bicyclic) bond motifs is 1. The van der Waals surface area contributed by atoms with Crippen LogP contribution in [0.4, 0.5) is 11.4 Å². The molecule has 1 fully saturated rings. The molecule has 3 N–H and O–H groups in total. The first kappa shape index (κ1) is 18.7. The van der Waals surface area contributed by atoms with Crippen molar-refractivity contribution >= 4 is 35.0 Å². The first-order chi connectivity index (χ1) is 14.0. The van der Waals surface area contributed by atoms with Crippen molar-refractivity contribution in [1.29, 1.82) is 0 Å². The molecule has 0 aromatic heterocycles. The number of rotatable bonds is 5. The van der Waals surface area contributed by atoms with E-state index >= 15 is 0 Å². The van der Waals surface area contributed by atoms with E-state index in [9.17, 15) is 19.2 Å². The summed E-state index contributed by atoms with van der Waals surface area (Å²) in [5, 5.41) is 8.52. The minimum absolute atomic E-state index is 0.103. The minimum Gasteiger partial charge on any atom is -0.388 e. The number of hydrogen-bond donors (Lipinski definition) is 3. The van der Waals surface area contributed by atoms with Gasteiger partial charge < -0.3 is 10.6 Å². The third-order valence-corrected chi connectivity index (χ3v) is 5.17. The van der Waals surface area contributed by atoms with Crippen molar-refractivity contribution in [3.8, 4) is 0 Å². The van der Waals surface area contributed by atoms with Crippen LogP contribution in [-0.4, -0.2) is 41.6 Å². The molecular weight excluding hydrogens is 372 g/mol. The van der Waals surface area contributed by atoms with E-state index in [1.54, 1.807) is 18.2 Å². The van der Waals surface area contributed by atoms with Crippen molar-refractivity contribution in [1.82, 2.24) is 10.2 Å². The van der Waals surface area contributed by atoms with Gasteiger partial charge in [0.2, 0.25) is 11.8 Å². The Bertz CT molecular complexity index is 1020. The zero-order valence-corrected chi connectivity index (χ0v) is 15.8. The highest BCUT2D eigenvalue weighted by molar-refractivity contribution is 6.23. The van der Waals surface area contributed by atoms with Crippen LogP contribution in [0.25, 0.3) is 0 Å². The van der Waals surface area contributed by atoms with E-state index in [0.29, 0.717) is 6.54 Å². The maximum absolute atomic E-state index is 12.8. The lowest BCUT2D eigenvalue weighted by Gasteiger charge is -2.27. The zero-order valence-electron chi connectivity index (χ0n) is 15.8. The highest BCUT2D eigenvalue weighted by Crippen LogP contribution is 2.28. The number of piperidine rings is 1. The van der Waals surface area contributed by atoms with Crippen LogP contribution in [0.2, 0.25) is 0 Å². The summed E-state index contributed by atoms with van der Waals surface area (Å²) in [7, 11) is 1.85. The molecule has 2 aromatic rings. The Balaban J connectivity index is 1.50. The molecule has 4 amide bonds. The molecule has 2 aliphatic rings. The van der Waals surface area contributed by atoms with E-state index in [-0.39, 0.29) is 29.9 Å². The number of amides is 4. The predicted octanol–water partition coefficient (Wildman–Crippen LogP) is 1.74.